The standard InChI is InChI=1S/C19H28N2O2/c1-15(2)8-11-23-18-6-4-16(5-7-18)12-20-13-17(14-20)19(22)21-9-3-10-21/h4-7,15,17H,3,8-14H2,1-2H3. The predicted octanol–water partition coefficient (Wildman–Crippen LogP) is 2.78. The van der Waals surface area contributed by atoms with Crippen molar-refractivity contribution in [2.24, 2.45) is 11.8 Å². The molecule has 2 saturated heterocycles. The number of hydrogen-bond acceptors (Lipinski definition) is 3. The van der Waals surface area contributed by atoms with Gasteiger partial charge in [-0.25, -0.2) is 0 Å². The molecule has 0 bridgehead atoms. The third-order valence-electron chi connectivity index (χ3n) is 4.77. The lowest BCUT2D eigenvalue weighted by Crippen LogP contribution is -2.56. The summed E-state index contributed by atoms with van der Waals surface area (Å²) in [6.07, 6.45) is 2.26. The Balaban J connectivity index is 1.38. The predicted molar refractivity (Wildman–Crippen MR) is 91.4 cm³/mol. The third-order valence-corrected chi connectivity index (χ3v) is 4.77. The van der Waals surface area contributed by atoms with Crippen LogP contribution in [0.1, 0.15) is 32.3 Å². The molecule has 2 heterocycles. The molecule has 2 aliphatic rings. The summed E-state index contributed by atoms with van der Waals surface area (Å²) in [6.45, 7) is 9.86. The molecule has 0 aliphatic carbocycles. The monoisotopic (exact) mass is 316 g/mol. The molecule has 0 radical (unpaired) electrons. The van der Waals surface area contributed by atoms with Crippen molar-refractivity contribution in [3.05, 3.63) is 29.8 Å². The van der Waals surface area contributed by atoms with Crippen molar-refractivity contribution in [2.45, 2.75) is 33.2 Å². The molecule has 1 amide bonds. The lowest BCUT2D eigenvalue weighted by molar-refractivity contribution is -0.144. The third kappa shape index (κ3) is 4.25. The van der Waals surface area contributed by atoms with Gasteiger partial charge in [-0.3, -0.25) is 9.69 Å². The van der Waals surface area contributed by atoms with Crippen LogP contribution in [-0.2, 0) is 11.3 Å². The highest BCUT2D eigenvalue weighted by molar-refractivity contribution is 5.80. The van der Waals surface area contributed by atoms with Gasteiger partial charge in [-0.2, -0.15) is 0 Å². The molecule has 0 N–H and O–H groups in total. The zero-order chi connectivity index (χ0) is 16.2. The molecule has 0 spiro atoms. The van der Waals surface area contributed by atoms with E-state index < -0.39 is 0 Å². The Kier molecular flexibility index (Phi) is 5.21. The SMILES string of the molecule is CC(C)CCOc1ccc(CN2CC(C(=O)N3CCC3)C2)cc1. The second-order valence-electron chi connectivity index (χ2n) is 7.24. The Bertz CT molecular complexity index is 517. The normalized spacial score (nSPS) is 18.7. The van der Waals surface area contributed by atoms with E-state index in [1.165, 1.54) is 12.0 Å². The fourth-order valence-electron chi connectivity index (χ4n) is 3.01. The van der Waals surface area contributed by atoms with Crippen LogP contribution in [-0.4, -0.2) is 48.5 Å². The van der Waals surface area contributed by atoms with Crippen LogP contribution in [0.25, 0.3) is 0 Å². The number of ether oxygens (including phenoxy) is 1. The van der Waals surface area contributed by atoms with Crippen LogP contribution in [0.2, 0.25) is 0 Å². The topological polar surface area (TPSA) is 32.8 Å². The highest BCUT2D eigenvalue weighted by Gasteiger charge is 2.36. The van der Waals surface area contributed by atoms with Gasteiger partial charge in [0.05, 0.1) is 12.5 Å². The molecule has 0 atom stereocenters. The molecule has 4 nitrogen and oxygen atoms in total. The molecule has 2 fully saturated rings. The zero-order valence-corrected chi connectivity index (χ0v) is 14.3. The Hall–Kier alpha value is -1.55. The number of nitrogens with zero attached hydrogens (tertiary/aromatic N) is 2. The average molecular weight is 316 g/mol. The molecular formula is C19H28N2O2. The Morgan fingerprint density at radius 2 is 1.91 bits per heavy atom. The fourth-order valence-corrected chi connectivity index (χ4v) is 3.01. The van der Waals surface area contributed by atoms with E-state index >= 15 is 0 Å². The Morgan fingerprint density at radius 1 is 1.22 bits per heavy atom. The summed E-state index contributed by atoms with van der Waals surface area (Å²) in [7, 11) is 0. The first-order valence-corrected chi connectivity index (χ1v) is 8.84. The first-order chi connectivity index (χ1) is 11.1. The van der Waals surface area contributed by atoms with Crippen LogP contribution in [0.15, 0.2) is 24.3 Å². The average Bonchev–Trinajstić information content (AvgIpc) is 2.41. The van der Waals surface area contributed by atoms with Gasteiger partial charge in [-0.1, -0.05) is 26.0 Å². The summed E-state index contributed by atoms with van der Waals surface area (Å²) in [5, 5.41) is 0. The van der Waals surface area contributed by atoms with E-state index in [4.69, 9.17) is 4.74 Å². The summed E-state index contributed by atoms with van der Waals surface area (Å²) in [4.78, 5) is 16.4. The van der Waals surface area contributed by atoms with Crippen molar-refractivity contribution in [2.75, 3.05) is 32.8 Å². The van der Waals surface area contributed by atoms with Crippen LogP contribution in [0, 0.1) is 11.8 Å². The van der Waals surface area contributed by atoms with E-state index in [0.29, 0.717) is 11.8 Å². The van der Waals surface area contributed by atoms with Crippen LogP contribution < -0.4 is 4.74 Å². The molecule has 0 aromatic heterocycles. The van der Waals surface area contributed by atoms with Gasteiger partial charge < -0.3 is 9.64 Å². The maximum atomic E-state index is 12.1. The van der Waals surface area contributed by atoms with Crippen LogP contribution in [0.5, 0.6) is 5.75 Å². The van der Waals surface area contributed by atoms with Gasteiger partial charge >= 0.3 is 0 Å². The summed E-state index contributed by atoms with van der Waals surface area (Å²) < 4.78 is 5.75. The highest BCUT2D eigenvalue weighted by atomic mass is 16.5. The first kappa shape index (κ1) is 16.3. The van der Waals surface area contributed by atoms with Crippen molar-refractivity contribution in [3.63, 3.8) is 0 Å². The Morgan fingerprint density at radius 3 is 2.48 bits per heavy atom. The number of amides is 1. The van der Waals surface area contributed by atoms with Crippen LogP contribution in [0.4, 0.5) is 0 Å². The van der Waals surface area contributed by atoms with Crippen molar-refractivity contribution in [1.82, 2.24) is 9.80 Å². The lowest BCUT2D eigenvalue weighted by atomic mass is 9.96. The molecular weight excluding hydrogens is 288 g/mol. The van der Waals surface area contributed by atoms with E-state index in [1.54, 1.807) is 0 Å². The molecule has 4 heteroatoms. The number of rotatable bonds is 7. The maximum absolute atomic E-state index is 12.1. The van der Waals surface area contributed by atoms with Gasteiger partial charge in [0.2, 0.25) is 5.91 Å². The largest absolute Gasteiger partial charge is 0.494 e. The first-order valence-electron chi connectivity index (χ1n) is 8.84. The van der Waals surface area contributed by atoms with Crippen molar-refractivity contribution < 1.29 is 9.53 Å². The Labute approximate surface area is 139 Å². The molecule has 1 aromatic rings. The highest BCUT2D eigenvalue weighted by Crippen LogP contribution is 2.23. The van der Waals surface area contributed by atoms with Gasteiger partial charge in [0.1, 0.15) is 5.75 Å². The summed E-state index contributed by atoms with van der Waals surface area (Å²) in [5.74, 6) is 2.21. The van der Waals surface area contributed by atoms with Gasteiger partial charge in [-0.05, 0) is 36.5 Å². The van der Waals surface area contributed by atoms with Gasteiger partial charge in [0, 0.05) is 32.7 Å². The summed E-state index contributed by atoms with van der Waals surface area (Å²) in [6, 6.07) is 8.38. The number of benzene rings is 1. The molecule has 126 valence electrons. The van der Waals surface area contributed by atoms with E-state index in [1.807, 2.05) is 4.90 Å². The molecule has 0 unspecified atom stereocenters. The minimum atomic E-state index is 0.231. The molecule has 0 saturated carbocycles. The van der Waals surface area contributed by atoms with Gasteiger partial charge in [-0.15, -0.1) is 0 Å². The quantitative estimate of drug-likeness (QED) is 0.775. The fraction of sp³-hybridized carbons (Fsp3) is 0.632. The number of likely N-dealkylation sites (tertiary alicyclic amines) is 2. The number of carbonyl (C=O) groups excluding carboxylic acids is 1. The molecule has 1 aromatic carbocycles. The molecule has 2 aliphatic heterocycles. The maximum Gasteiger partial charge on any atom is 0.228 e. The number of hydrogen-bond donors (Lipinski definition) is 0. The van der Waals surface area contributed by atoms with E-state index in [2.05, 4.69) is 43.0 Å². The van der Waals surface area contributed by atoms with E-state index in [0.717, 1.165) is 51.5 Å². The zero-order valence-electron chi connectivity index (χ0n) is 14.3. The second-order valence-corrected chi connectivity index (χ2v) is 7.24. The minimum Gasteiger partial charge on any atom is -0.494 e. The van der Waals surface area contributed by atoms with Gasteiger partial charge in [0.15, 0.2) is 0 Å². The minimum absolute atomic E-state index is 0.231. The smallest absolute Gasteiger partial charge is 0.228 e. The van der Waals surface area contributed by atoms with Crippen LogP contribution in [0.3, 0.4) is 0 Å². The van der Waals surface area contributed by atoms with Crippen molar-refractivity contribution in [3.8, 4) is 5.75 Å². The molecule has 23 heavy (non-hydrogen) atoms. The van der Waals surface area contributed by atoms with Crippen molar-refractivity contribution in [1.29, 1.82) is 0 Å². The van der Waals surface area contributed by atoms with Crippen LogP contribution >= 0.6 is 0 Å². The van der Waals surface area contributed by atoms with E-state index in [-0.39, 0.29) is 5.92 Å². The second kappa shape index (κ2) is 7.35. The summed E-state index contributed by atoms with van der Waals surface area (Å²) in [5.41, 5.74) is 1.29. The lowest BCUT2D eigenvalue weighted by Gasteiger charge is -2.43. The number of carbonyl (C=O) groups is 1. The van der Waals surface area contributed by atoms with Crippen molar-refractivity contribution >= 4 is 5.91 Å². The molecule has 3 rings (SSSR count). The van der Waals surface area contributed by atoms with Gasteiger partial charge in [0.25, 0.3) is 0 Å². The summed E-state index contributed by atoms with van der Waals surface area (Å²) >= 11 is 0. The van der Waals surface area contributed by atoms with E-state index in [9.17, 15) is 4.79 Å².